The SMILES string of the molecule is CC(C)C(CNC(=O)Nc1ccccc1Oc1cccc(F)c1)N1CCN(C)CC1. The zero-order valence-corrected chi connectivity index (χ0v) is 17.9. The van der Waals surface area contributed by atoms with E-state index in [-0.39, 0.29) is 17.9 Å². The smallest absolute Gasteiger partial charge is 0.319 e. The molecule has 1 unspecified atom stereocenters. The molecule has 0 spiro atoms. The minimum atomic E-state index is -0.376. The number of hydrogen-bond acceptors (Lipinski definition) is 4. The molecule has 6 nitrogen and oxygen atoms in total. The fraction of sp³-hybridized carbons (Fsp3) is 0.435. The molecule has 0 aliphatic carbocycles. The lowest BCUT2D eigenvalue weighted by molar-refractivity contribution is 0.0890. The van der Waals surface area contributed by atoms with Crippen LogP contribution in [0.3, 0.4) is 0 Å². The Morgan fingerprint density at radius 2 is 1.83 bits per heavy atom. The summed E-state index contributed by atoms with van der Waals surface area (Å²) < 4.78 is 19.2. The van der Waals surface area contributed by atoms with E-state index in [0.717, 1.165) is 26.2 Å². The Morgan fingerprint density at radius 1 is 1.10 bits per heavy atom. The Morgan fingerprint density at radius 3 is 2.53 bits per heavy atom. The fourth-order valence-electron chi connectivity index (χ4n) is 3.62. The molecular weight excluding hydrogens is 383 g/mol. The summed E-state index contributed by atoms with van der Waals surface area (Å²) in [7, 11) is 2.14. The highest BCUT2D eigenvalue weighted by Gasteiger charge is 2.25. The molecule has 2 aromatic rings. The zero-order chi connectivity index (χ0) is 21.5. The first-order valence-corrected chi connectivity index (χ1v) is 10.4. The van der Waals surface area contributed by atoms with Gasteiger partial charge in [-0.3, -0.25) is 4.90 Å². The lowest BCUT2D eigenvalue weighted by atomic mass is 10.0. The van der Waals surface area contributed by atoms with Gasteiger partial charge >= 0.3 is 6.03 Å². The Hall–Kier alpha value is -2.64. The number of urea groups is 1. The molecule has 0 saturated carbocycles. The lowest BCUT2D eigenvalue weighted by Crippen LogP contribution is -2.54. The molecule has 1 saturated heterocycles. The van der Waals surface area contributed by atoms with Crippen molar-refractivity contribution in [1.82, 2.24) is 15.1 Å². The summed E-state index contributed by atoms with van der Waals surface area (Å²) in [6.45, 7) is 9.04. The second kappa shape index (κ2) is 10.4. The van der Waals surface area contributed by atoms with Gasteiger partial charge in [-0.05, 0) is 37.2 Å². The largest absolute Gasteiger partial charge is 0.455 e. The third-order valence-electron chi connectivity index (χ3n) is 5.41. The highest BCUT2D eigenvalue weighted by molar-refractivity contribution is 5.91. The number of benzene rings is 2. The topological polar surface area (TPSA) is 56.8 Å². The standard InChI is InChI=1S/C23H31FN4O2/c1-17(2)21(28-13-11-27(3)12-14-28)16-25-23(29)26-20-9-4-5-10-22(20)30-19-8-6-7-18(24)15-19/h4-10,15,17,21H,11-14,16H2,1-3H3,(H2,25,26,29). The zero-order valence-electron chi connectivity index (χ0n) is 17.9. The molecule has 30 heavy (non-hydrogen) atoms. The molecule has 7 heteroatoms. The van der Waals surface area contributed by atoms with Crippen LogP contribution in [0.4, 0.5) is 14.9 Å². The highest BCUT2D eigenvalue weighted by Crippen LogP contribution is 2.29. The quantitative estimate of drug-likeness (QED) is 0.719. The van der Waals surface area contributed by atoms with Gasteiger partial charge in [-0.25, -0.2) is 9.18 Å². The molecule has 2 N–H and O–H groups in total. The van der Waals surface area contributed by atoms with Crippen molar-refractivity contribution < 1.29 is 13.9 Å². The number of ether oxygens (including phenoxy) is 1. The predicted octanol–water partition coefficient (Wildman–Crippen LogP) is 4.01. The summed E-state index contributed by atoms with van der Waals surface area (Å²) in [5.41, 5.74) is 0.528. The van der Waals surface area contributed by atoms with Gasteiger partial charge in [-0.1, -0.05) is 32.0 Å². The number of nitrogens with zero attached hydrogens (tertiary/aromatic N) is 2. The lowest BCUT2D eigenvalue weighted by Gasteiger charge is -2.39. The molecule has 0 bridgehead atoms. The van der Waals surface area contributed by atoms with Crippen LogP contribution < -0.4 is 15.4 Å². The number of para-hydroxylation sites is 2. The molecule has 162 valence electrons. The van der Waals surface area contributed by atoms with Crippen molar-refractivity contribution in [3.8, 4) is 11.5 Å². The van der Waals surface area contributed by atoms with Crippen LogP contribution >= 0.6 is 0 Å². The Bertz CT molecular complexity index is 837. The van der Waals surface area contributed by atoms with Crippen LogP contribution in [0, 0.1) is 11.7 Å². The first kappa shape index (κ1) is 22.1. The normalized spacial score (nSPS) is 16.3. The van der Waals surface area contributed by atoms with E-state index in [4.69, 9.17) is 4.74 Å². The van der Waals surface area contributed by atoms with E-state index in [2.05, 4.69) is 41.3 Å². The molecule has 1 aliphatic heterocycles. The maximum absolute atomic E-state index is 13.4. The van der Waals surface area contributed by atoms with Crippen molar-refractivity contribution >= 4 is 11.7 Å². The number of carbonyl (C=O) groups excluding carboxylic acids is 1. The average Bonchev–Trinajstić information content (AvgIpc) is 2.71. The van der Waals surface area contributed by atoms with Gasteiger partial charge in [-0.2, -0.15) is 0 Å². The molecule has 1 atom stereocenters. The van der Waals surface area contributed by atoms with E-state index in [9.17, 15) is 9.18 Å². The van der Waals surface area contributed by atoms with Crippen LogP contribution in [0.25, 0.3) is 0 Å². The molecule has 3 rings (SSSR count). The summed E-state index contributed by atoms with van der Waals surface area (Å²) in [5.74, 6) is 0.883. The third-order valence-corrected chi connectivity index (χ3v) is 5.41. The van der Waals surface area contributed by atoms with E-state index in [0.29, 0.717) is 29.6 Å². The van der Waals surface area contributed by atoms with E-state index < -0.39 is 0 Å². The molecule has 1 fully saturated rings. The number of amides is 2. The Balaban J connectivity index is 1.59. The first-order valence-electron chi connectivity index (χ1n) is 10.4. The summed E-state index contributed by atoms with van der Waals surface area (Å²) in [4.78, 5) is 17.3. The monoisotopic (exact) mass is 414 g/mol. The van der Waals surface area contributed by atoms with Crippen molar-refractivity contribution in [3.05, 3.63) is 54.3 Å². The summed E-state index contributed by atoms with van der Waals surface area (Å²) in [6, 6.07) is 13.0. The van der Waals surface area contributed by atoms with Gasteiger partial charge in [0.1, 0.15) is 11.6 Å². The van der Waals surface area contributed by atoms with Crippen LogP contribution in [0.5, 0.6) is 11.5 Å². The van der Waals surface area contributed by atoms with Gasteiger partial charge in [0.15, 0.2) is 5.75 Å². The number of piperazine rings is 1. The number of rotatable bonds is 7. The van der Waals surface area contributed by atoms with Gasteiger partial charge in [0, 0.05) is 44.8 Å². The van der Waals surface area contributed by atoms with Crippen molar-refractivity contribution in [1.29, 1.82) is 0 Å². The van der Waals surface area contributed by atoms with Crippen molar-refractivity contribution in [2.24, 2.45) is 5.92 Å². The molecule has 2 aromatic carbocycles. The number of carbonyl (C=O) groups is 1. The summed E-state index contributed by atoms with van der Waals surface area (Å²) in [5, 5.41) is 5.85. The molecule has 0 radical (unpaired) electrons. The molecule has 0 aromatic heterocycles. The number of halogens is 1. The van der Waals surface area contributed by atoms with Crippen molar-refractivity contribution in [2.75, 3.05) is 45.1 Å². The van der Waals surface area contributed by atoms with Gasteiger partial charge in [-0.15, -0.1) is 0 Å². The number of hydrogen-bond donors (Lipinski definition) is 2. The van der Waals surface area contributed by atoms with Gasteiger partial charge < -0.3 is 20.3 Å². The maximum Gasteiger partial charge on any atom is 0.319 e. The predicted molar refractivity (Wildman–Crippen MR) is 118 cm³/mol. The van der Waals surface area contributed by atoms with E-state index in [1.54, 1.807) is 30.3 Å². The molecular formula is C23H31FN4O2. The second-order valence-corrected chi connectivity index (χ2v) is 8.04. The molecule has 1 aliphatic rings. The highest BCUT2D eigenvalue weighted by atomic mass is 19.1. The average molecular weight is 415 g/mol. The molecule has 2 amide bonds. The number of nitrogens with one attached hydrogen (secondary N) is 2. The van der Waals surface area contributed by atoms with Gasteiger partial charge in [0.25, 0.3) is 0 Å². The summed E-state index contributed by atoms with van der Waals surface area (Å²) in [6.07, 6.45) is 0. The van der Waals surface area contributed by atoms with E-state index in [1.807, 2.05) is 6.07 Å². The second-order valence-electron chi connectivity index (χ2n) is 8.04. The summed E-state index contributed by atoms with van der Waals surface area (Å²) >= 11 is 0. The first-order chi connectivity index (χ1) is 14.4. The Labute approximate surface area is 178 Å². The minimum Gasteiger partial charge on any atom is -0.455 e. The fourth-order valence-corrected chi connectivity index (χ4v) is 3.62. The van der Waals surface area contributed by atoms with E-state index in [1.165, 1.54) is 12.1 Å². The van der Waals surface area contributed by atoms with Crippen LogP contribution in [0.2, 0.25) is 0 Å². The number of likely N-dealkylation sites (N-methyl/N-ethyl adjacent to an activating group) is 1. The third kappa shape index (κ3) is 6.18. The molecule has 1 heterocycles. The maximum atomic E-state index is 13.4. The Kier molecular flexibility index (Phi) is 7.65. The van der Waals surface area contributed by atoms with Crippen LogP contribution in [0.15, 0.2) is 48.5 Å². The van der Waals surface area contributed by atoms with Gasteiger partial charge in [0.2, 0.25) is 0 Å². The van der Waals surface area contributed by atoms with Crippen LogP contribution in [0.1, 0.15) is 13.8 Å². The van der Waals surface area contributed by atoms with Crippen molar-refractivity contribution in [3.63, 3.8) is 0 Å². The van der Waals surface area contributed by atoms with Crippen LogP contribution in [-0.2, 0) is 0 Å². The van der Waals surface area contributed by atoms with E-state index >= 15 is 0 Å². The van der Waals surface area contributed by atoms with Crippen molar-refractivity contribution in [2.45, 2.75) is 19.9 Å². The number of anilines is 1. The minimum absolute atomic E-state index is 0.281. The van der Waals surface area contributed by atoms with Crippen LogP contribution in [-0.4, -0.2) is 61.6 Å². The van der Waals surface area contributed by atoms with Gasteiger partial charge in [0.05, 0.1) is 5.69 Å².